The number of nitrogens with one attached hydrogen (secondary N) is 1. The molecule has 0 spiro atoms. The van der Waals surface area contributed by atoms with Crippen molar-refractivity contribution in [1.82, 2.24) is 29.1 Å². The van der Waals surface area contributed by atoms with Gasteiger partial charge in [-0.1, -0.05) is 38.4 Å². The minimum atomic E-state index is -1.08. The summed E-state index contributed by atoms with van der Waals surface area (Å²) in [4.78, 5) is 47.0. The number of aliphatic hydroxyl groups is 1. The lowest BCUT2D eigenvalue weighted by Gasteiger charge is -2.35. The monoisotopic (exact) mass is 781 g/mol. The van der Waals surface area contributed by atoms with Crippen LogP contribution in [0.4, 0.5) is 14.5 Å². The minimum Gasteiger partial charge on any atom is -0.393 e. The lowest BCUT2D eigenvalue weighted by molar-refractivity contribution is -0.133. The van der Waals surface area contributed by atoms with Crippen LogP contribution in [0.5, 0.6) is 0 Å². The maximum Gasteiger partial charge on any atom is 0.291 e. The Labute approximate surface area is 325 Å². The number of benzene rings is 2. The standard InChI is InChI=1S/C40H50ClF2N7O5/c1-24(2)25(3)20-28(51)9-13-35(52)48-15-17-49(18-16-48)40(54)30-10-8-27(21-33(30)41)46-39(53)38-44-23-34(47(38)5)31-12-11-29(36(42)37(31)43)32-22-45-50(26(32)4)14-7-19-55-6/h8,10-12,21-25,28,51H,7,9,13-20H2,1-6H3,(H,46,53)/t25?,28-/m1/s1. The number of ether oxygens (including phenoxy) is 1. The fourth-order valence-electron chi connectivity index (χ4n) is 6.67. The average Bonchev–Trinajstić information content (AvgIpc) is 3.72. The van der Waals surface area contributed by atoms with Crippen molar-refractivity contribution in [1.29, 1.82) is 0 Å². The number of rotatable bonds is 15. The van der Waals surface area contributed by atoms with Crippen molar-refractivity contribution in [2.45, 2.75) is 66.0 Å². The normalized spacial score (nSPS) is 14.4. The highest BCUT2D eigenvalue weighted by Gasteiger charge is 2.27. The molecule has 0 radical (unpaired) electrons. The van der Waals surface area contributed by atoms with Crippen LogP contribution in [0.3, 0.4) is 0 Å². The fraction of sp³-hybridized carbons (Fsp3) is 0.475. The summed E-state index contributed by atoms with van der Waals surface area (Å²) in [6, 6.07) is 7.45. The molecule has 2 N–H and O–H groups in total. The number of anilines is 1. The molecule has 12 nitrogen and oxygen atoms in total. The zero-order valence-electron chi connectivity index (χ0n) is 32.2. The second-order valence-electron chi connectivity index (χ2n) is 14.5. The van der Waals surface area contributed by atoms with Gasteiger partial charge in [-0.2, -0.15) is 5.10 Å². The number of nitrogens with zero attached hydrogens (tertiary/aromatic N) is 6. The van der Waals surface area contributed by atoms with E-state index in [1.165, 1.54) is 48.3 Å². The van der Waals surface area contributed by atoms with Crippen molar-refractivity contribution < 1.29 is 33.0 Å². The molecule has 0 aliphatic carbocycles. The highest BCUT2D eigenvalue weighted by Crippen LogP contribution is 2.33. The molecule has 1 aliphatic heterocycles. The Kier molecular flexibility index (Phi) is 13.8. The zero-order valence-corrected chi connectivity index (χ0v) is 33.0. The summed E-state index contributed by atoms with van der Waals surface area (Å²) >= 11 is 6.53. The largest absolute Gasteiger partial charge is 0.393 e. The van der Waals surface area contributed by atoms with Crippen molar-refractivity contribution in [3.8, 4) is 22.4 Å². The van der Waals surface area contributed by atoms with E-state index in [2.05, 4.69) is 36.2 Å². The Balaban J connectivity index is 1.18. The molecule has 55 heavy (non-hydrogen) atoms. The molecule has 1 fully saturated rings. The molecular weight excluding hydrogens is 732 g/mol. The number of imidazole rings is 1. The number of carbonyl (C=O) groups is 3. The summed E-state index contributed by atoms with van der Waals surface area (Å²) in [5.74, 6) is -2.32. The average molecular weight is 782 g/mol. The van der Waals surface area contributed by atoms with Gasteiger partial charge in [0, 0.05) is 88.0 Å². The highest BCUT2D eigenvalue weighted by atomic mass is 35.5. The Morgan fingerprint density at radius 2 is 1.65 bits per heavy atom. The van der Waals surface area contributed by atoms with Crippen LogP contribution in [-0.2, 0) is 23.1 Å². The number of hydrogen-bond acceptors (Lipinski definition) is 7. The molecule has 5 rings (SSSR count). The first-order valence-electron chi connectivity index (χ1n) is 18.6. The molecule has 1 unspecified atom stereocenters. The van der Waals surface area contributed by atoms with Crippen LogP contribution >= 0.6 is 11.6 Å². The minimum absolute atomic E-state index is 0.0411. The zero-order chi connectivity index (χ0) is 40.0. The van der Waals surface area contributed by atoms with E-state index in [1.54, 1.807) is 34.6 Å². The van der Waals surface area contributed by atoms with Gasteiger partial charge in [0.25, 0.3) is 11.8 Å². The summed E-state index contributed by atoms with van der Waals surface area (Å²) in [6.45, 7) is 10.7. The summed E-state index contributed by atoms with van der Waals surface area (Å²) in [6.07, 6.45) is 4.33. The van der Waals surface area contributed by atoms with Crippen molar-refractivity contribution >= 4 is 35.0 Å². The van der Waals surface area contributed by atoms with Gasteiger partial charge >= 0.3 is 0 Å². The topological polar surface area (TPSA) is 135 Å². The third-order valence-corrected chi connectivity index (χ3v) is 10.8. The van der Waals surface area contributed by atoms with E-state index >= 15 is 8.78 Å². The molecule has 2 aromatic heterocycles. The van der Waals surface area contributed by atoms with Gasteiger partial charge in [-0.15, -0.1) is 0 Å². The molecule has 1 saturated heterocycles. The molecule has 1 aliphatic rings. The Morgan fingerprint density at radius 3 is 2.33 bits per heavy atom. The summed E-state index contributed by atoms with van der Waals surface area (Å²) in [7, 11) is 3.14. The lowest BCUT2D eigenvalue weighted by Crippen LogP contribution is -2.50. The number of halogens is 3. The van der Waals surface area contributed by atoms with Crippen LogP contribution in [0, 0.1) is 30.4 Å². The maximum atomic E-state index is 15.6. The predicted molar refractivity (Wildman–Crippen MR) is 207 cm³/mol. The molecular formula is C40H50ClF2N7O5. The Hall–Kier alpha value is -4.66. The molecule has 3 amide bonds. The quantitative estimate of drug-likeness (QED) is 0.130. The van der Waals surface area contributed by atoms with Crippen LogP contribution < -0.4 is 5.32 Å². The first-order chi connectivity index (χ1) is 26.2. The van der Waals surface area contributed by atoms with E-state index in [1.807, 2.05) is 0 Å². The van der Waals surface area contributed by atoms with Crippen molar-refractivity contribution in [2.24, 2.45) is 18.9 Å². The van der Waals surface area contributed by atoms with Crippen LogP contribution in [0.15, 0.2) is 42.7 Å². The first kappa shape index (κ1) is 41.5. The number of piperazine rings is 1. The van der Waals surface area contributed by atoms with E-state index < -0.39 is 23.6 Å². The van der Waals surface area contributed by atoms with Gasteiger partial charge in [0.1, 0.15) is 0 Å². The summed E-state index contributed by atoms with van der Waals surface area (Å²) in [5.41, 5.74) is 1.91. The van der Waals surface area contributed by atoms with E-state index in [4.69, 9.17) is 16.3 Å². The van der Waals surface area contributed by atoms with Gasteiger partial charge in [0.2, 0.25) is 5.91 Å². The molecule has 296 valence electrons. The van der Waals surface area contributed by atoms with Crippen LogP contribution in [0.2, 0.25) is 5.02 Å². The molecule has 3 heterocycles. The summed E-state index contributed by atoms with van der Waals surface area (Å²) < 4.78 is 39.3. The van der Waals surface area contributed by atoms with Gasteiger partial charge in [0.15, 0.2) is 17.5 Å². The van der Waals surface area contributed by atoms with E-state index in [9.17, 15) is 19.5 Å². The number of hydrogen-bond donors (Lipinski definition) is 2. The molecule has 15 heteroatoms. The van der Waals surface area contributed by atoms with Crippen molar-refractivity contribution in [3.63, 3.8) is 0 Å². The van der Waals surface area contributed by atoms with Crippen molar-refractivity contribution in [2.75, 3.05) is 45.2 Å². The Bertz CT molecular complexity index is 2010. The van der Waals surface area contributed by atoms with Gasteiger partial charge in [-0.05, 0) is 62.3 Å². The van der Waals surface area contributed by atoms with Crippen LogP contribution in [-0.4, -0.2) is 98.0 Å². The predicted octanol–water partition coefficient (Wildman–Crippen LogP) is 6.59. The molecule has 0 bridgehead atoms. The molecule has 0 saturated carbocycles. The number of methoxy groups -OCH3 is 1. The lowest BCUT2D eigenvalue weighted by atomic mass is 9.91. The van der Waals surface area contributed by atoms with Gasteiger partial charge < -0.3 is 29.5 Å². The summed E-state index contributed by atoms with van der Waals surface area (Å²) in [5, 5.41) is 17.5. The first-order valence-corrected chi connectivity index (χ1v) is 19.0. The molecule has 2 atom stereocenters. The number of aryl methyl sites for hydroxylation is 1. The maximum absolute atomic E-state index is 15.6. The molecule has 2 aromatic carbocycles. The van der Waals surface area contributed by atoms with E-state index in [0.717, 1.165) is 6.42 Å². The second-order valence-corrected chi connectivity index (χ2v) is 14.9. The van der Waals surface area contributed by atoms with Crippen LogP contribution in [0.1, 0.15) is 73.1 Å². The van der Waals surface area contributed by atoms with Crippen molar-refractivity contribution in [3.05, 3.63) is 76.5 Å². The van der Waals surface area contributed by atoms with Gasteiger partial charge in [-0.3, -0.25) is 19.1 Å². The van der Waals surface area contributed by atoms with E-state index in [0.29, 0.717) is 81.0 Å². The Morgan fingerprint density at radius 1 is 0.982 bits per heavy atom. The smallest absolute Gasteiger partial charge is 0.291 e. The van der Waals surface area contributed by atoms with Gasteiger partial charge in [0.05, 0.1) is 34.8 Å². The van der Waals surface area contributed by atoms with Crippen LogP contribution in [0.25, 0.3) is 22.4 Å². The van der Waals surface area contributed by atoms with Gasteiger partial charge in [-0.25, -0.2) is 13.8 Å². The second kappa shape index (κ2) is 18.3. The third-order valence-electron chi connectivity index (χ3n) is 10.5. The number of carbonyl (C=O) groups excluding carboxylic acids is 3. The fourth-order valence-corrected chi connectivity index (χ4v) is 6.93. The molecule has 4 aromatic rings. The number of aliphatic hydroxyl groups excluding tert-OH is 1. The third kappa shape index (κ3) is 9.60. The number of amides is 3. The SMILES string of the molecule is COCCCn1ncc(-c2ccc(-c3cnc(C(=O)Nc4ccc(C(=O)N5CCN(C(=O)CC[C@@H](O)CC(C)C(C)C)CC5)c(Cl)c4)n3C)c(F)c2F)c1C. The number of aromatic nitrogens is 4. The highest BCUT2D eigenvalue weighted by molar-refractivity contribution is 6.34. The van der Waals surface area contributed by atoms with E-state index in [-0.39, 0.29) is 51.5 Å².